The zero-order valence-electron chi connectivity index (χ0n) is 9.13. The van der Waals surface area contributed by atoms with E-state index in [4.69, 9.17) is 11.6 Å². The molecule has 2 aromatic rings. The summed E-state index contributed by atoms with van der Waals surface area (Å²) in [6.45, 7) is 3.62. The first-order valence-electron chi connectivity index (χ1n) is 5.19. The highest BCUT2D eigenvalue weighted by Crippen LogP contribution is 2.16. The molecule has 0 amide bonds. The van der Waals surface area contributed by atoms with Gasteiger partial charge in [-0.15, -0.1) is 0 Å². The second-order valence-electron chi connectivity index (χ2n) is 3.79. The van der Waals surface area contributed by atoms with Gasteiger partial charge in [0.05, 0.1) is 6.20 Å². The van der Waals surface area contributed by atoms with Gasteiger partial charge in [0.25, 0.3) is 0 Å². The van der Waals surface area contributed by atoms with Gasteiger partial charge in [-0.3, -0.25) is 5.10 Å². The summed E-state index contributed by atoms with van der Waals surface area (Å²) in [5.74, 6) is 0. The van der Waals surface area contributed by atoms with E-state index in [9.17, 15) is 0 Å². The molecule has 84 valence electrons. The van der Waals surface area contributed by atoms with E-state index in [1.54, 1.807) is 0 Å². The van der Waals surface area contributed by atoms with Crippen LogP contribution in [-0.4, -0.2) is 10.2 Å². The zero-order valence-corrected chi connectivity index (χ0v) is 9.88. The molecule has 0 atom stereocenters. The van der Waals surface area contributed by atoms with E-state index in [2.05, 4.69) is 21.6 Å². The summed E-state index contributed by atoms with van der Waals surface area (Å²) in [6, 6.07) is 6.13. The van der Waals surface area contributed by atoms with Crippen LogP contribution < -0.4 is 5.32 Å². The quantitative estimate of drug-likeness (QED) is 0.856. The van der Waals surface area contributed by atoms with Crippen molar-refractivity contribution in [1.82, 2.24) is 15.5 Å². The van der Waals surface area contributed by atoms with E-state index in [1.165, 1.54) is 5.56 Å². The Morgan fingerprint density at radius 1 is 1.31 bits per heavy atom. The number of benzene rings is 1. The van der Waals surface area contributed by atoms with Crippen LogP contribution in [-0.2, 0) is 13.1 Å². The standard InChI is InChI=1S/C12H14ClN3/c1-9-2-3-10(4-12(9)13)5-14-6-11-7-15-16-8-11/h2-4,7-8,14H,5-6H2,1H3,(H,15,16). The molecule has 0 fully saturated rings. The number of halogens is 1. The highest BCUT2D eigenvalue weighted by atomic mass is 35.5. The van der Waals surface area contributed by atoms with Crippen molar-refractivity contribution in [2.24, 2.45) is 0 Å². The third-order valence-electron chi connectivity index (χ3n) is 2.45. The Balaban J connectivity index is 1.87. The molecule has 0 aliphatic rings. The van der Waals surface area contributed by atoms with Crippen LogP contribution in [0, 0.1) is 6.92 Å². The van der Waals surface area contributed by atoms with Crippen molar-refractivity contribution in [3.05, 3.63) is 52.3 Å². The van der Waals surface area contributed by atoms with E-state index >= 15 is 0 Å². The van der Waals surface area contributed by atoms with E-state index in [0.717, 1.165) is 29.2 Å². The average Bonchev–Trinajstić information content (AvgIpc) is 2.76. The van der Waals surface area contributed by atoms with Gasteiger partial charge in [0.2, 0.25) is 0 Å². The Kier molecular flexibility index (Phi) is 3.59. The second kappa shape index (κ2) is 5.14. The molecule has 16 heavy (non-hydrogen) atoms. The Morgan fingerprint density at radius 3 is 2.81 bits per heavy atom. The van der Waals surface area contributed by atoms with Gasteiger partial charge in [0, 0.05) is 29.9 Å². The first kappa shape index (κ1) is 11.2. The average molecular weight is 236 g/mol. The molecule has 0 bridgehead atoms. The lowest BCUT2D eigenvalue weighted by molar-refractivity contribution is 0.693. The van der Waals surface area contributed by atoms with Crippen molar-refractivity contribution in [3.63, 3.8) is 0 Å². The van der Waals surface area contributed by atoms with Crippen molar-refractivity contribution in [1.29, 1.82) is 0 Å². The lowest BCUT2D eigenvalue weighted by Crippen LogP contribution is -2.12. The predicted molar refractivity (Wildman–Crippen MR) is 65.3 cm³/mol. The maximum Gasteiger partial charge on any atom is 0.0532 e. The number of hydrogen-bond acceptors (Lipinski definition) is 2. The fourth-order valence-electron chi connectivity index (χ4n) is 1.47. The number of aromatic amines is 1. The van der Waals surface area contributed by atoms with E-state index in [-0.39, 0.29) is 0 Å². The molecular formula is C12H14ClN3. The van der Waals surface area contributed by atoms with Crippen LogP contribution >= 0.6 is 11.6 Å². The van der Waals surface area contributed by atoms with Gasteiger partial charge < -0.3 is 5.32 Å². The van der Waals surface area contributed by atoms with Gasteiger partial charge in [0.15, 0.2) is 0 Å². The fourth-order valence-corrected chi connectivity index (χ4v) is 1.67. The lowest BCUT2D eigenvalue weighted by Gasteiger charge is -2.05. The van der Waals surface area contributed by atoms with Crippen LogP contribution in [0.15, 0.2) is 30.6 Å². The Morgan fingerprint density at radius 2 is 2.12 bits per heavy atom. The van der Waals surface area contributed by atoms with Crippen LogP contribution in [0.3, 0.4) is 0 Å². The van der Waals surface area contributed by atoms with Gasteiger partial charge in [0.1, 0.15) is 0 Å². The monoisotopic (exact) mass is 235 g/mol. The van der Waals surface area contributed by atoms with Crippen LogP contribution in [0.1, 0.15) is 16.7 Å². The maximum atomic E-state index is 6.05. The molecule has 3 nitrogen and oxygen atoms in total. The normalized spacial score (nSPS) is 10.6. The largest absolute Gasteiger partial charge is 0.309 e. The molecule has 0 saturated carbocycles. The molecule has 1 heterocycles. The molecule has 4 heteroatoms. The number of aryl methyl sites for hydroxylation is 1. The first-order valence-corrected chi connectivity index (χ1v) is 5.57. The zero-order chi connectivity index (χ0) is 11.4. The third kappa shape index (κ3) is 2.84. The van der Waals surface area contributed by atoms with E-state index in [0.29, 0.717) is 0 Å². The number of nitrogens with one attached hydrogen (secondary N) is 2. The SMILES string of the molecule is Cc1ccc(CNCc2cn[nH]c2)cc1Cl. The van der Waals surface area contributed by atoms with Crippen LogP contribution in [0.5, 0.6) is 0 Å². The van der Waals surface area contributed by atoms with Gasteiger partial charge in [-0.1, -0.05) is 23.7 Å². The predicted octanol–water partition coefficient (Wildman–Crippen LogP) is 2.66. The van der Waals surface area contributed by atoms with Crippen molar-refractivity contribution < 1.29 is 0 Å². The minimum absolute atomic E-state index is 0.808. The van der Waals surface area contributed by atoms with Gasteiger partial charge in [-0.05, 0) is 24.1 Å². The molecule has 1 aromatic carbocycles. The first-order chi connectivity index (χ1) is 7.75. The van der Waals surface area contributed by atoms with Gasteiger partial charge in [-0.2, -0.15) is 5.10 Å². The minimum Gasteiger partial charge on any atom is -0.309 e. The van der Waals surface area contributed by atoms with Crippen LogP contribution in [0.25, 0.3) is 0 Å². The summed E-state index contributed by atoms with van der Waals surface area (Å²) in [4.78, 5) is 0. The van der Waals surface area contributed by atoms with Crippen molar-refractivity contribution >= 4 is 11.6 Å². The molecule has 0 unspecified atom stereocenters. The number of H-pyrrole nitrogens is 1. The number of hydrogen-bond donors (Lipinski definition) is 2. The maximum absolute atomic E-state index is 6.05. The van der Waals surface area contributed by atoms with E-state index < -0.39 is 0 Å². The highest BCUT2D eigenvalue weighted by Gasteiger charge is 1.98. The number of nitrogens with zero attached hydrogens (tertiary/aromatic N) is 1. The molecule has 2 rings (SSSR count). The Labute approximate surface area is 99.8 Å². The van der Waals surface area contributed by atoms with Crippen molar-refractivity contribution in [2.45, 2.75) is 20.0 Å². The number of rotatable bonds is 4. The smallest absolute Gasteiger partial charge is 0.0532 e. The molecule has 1 aromatic heterocycles. The number of aromatic nitrogens is 2. The molecule has 0 spiro atoms. The minimum atomic E-state index is 0.808. The molecule has 0 aliphatic carbocycles. The Bertz CT molecular complexity index is 451. The summed E-state index contributed by atoms with van der Waals surface area (Å²) >= 11 is 6.05. The van der Waals surface area contributed by atoms with Crippen molar-refractivity contribution in [3.8, 4) is 0 Å². The summed E-state index contributed by atoms with van der Waals surface area (Å²) in [6.07, 6.45) is 3.70. The summed E-state index contributed by atoms with van der Waals surface area (Å²) in [5, 5.41) is 10.8. The van der Waals surface area contributed by atoms with Crippen LogP contribution in [0.4, 0.5) is 0 Å². The van der Waals surface area contributed by atoms with Crippen molar-refractivity contribution in [2.75, 3.05) is 0 Å². The molecule has 0 radical (unpaired) electrons. The van der Waals surface area contributed by atoms with Crippen LogP contribution in [0.2, 0.25) is 5.02 Å². The lowest BCUT2D eigenvalue weighted by atomic mass is 10.1. The highest BCUT2D eigenvalue weighted by molar-refractivity contribution is 6.31. The van der Waals surface area contributed by atoms with Gasteiger partial charge >= 0.3 is 0 Å². The molecular weight excluding hydrogens is 222 g/mol. The molecule has 2 N–H and O–H groups in total. The third-order valence-corrected chi connectivity index (χ3v) is 2.86. The molecule has 0 aliphatic heterocycles. The fraction of sp³-hybridized carbons (Fsp3) is 0.250. The van der Waals surface area contributed by atoms with Gasteiger partial charge in [-0.25, -0.2) is 0 Å². The summed E-state index contributed by atoms with van der Waals surface area (Å²) < 4.78 is 0. The Hall–Kier alpha value is -1.32. The second-order valence-corrected chi connectivity index (χ2v) is 4.20. The molecule has 0 saturated heterocycles. The summed E-state index contributed by atoms with van der Waals surface area (Å²) in [5.41, 5.74) is 3.46. The van der Waals surface area contributed by atoms with E-state index in [1.807, 2.05) is 31.5 Å². The topological polar surface area (TPSA) is 40.7 Å². The summed E-state index contributed by atoms with van der Waals surface area (Å²) in [7, 11) is 0.